The number of ketones is 1. The van der Waals surface area contributed by atoms with Crippen LogP contribution in [0.1, 0.15) is 22.6 Å². The first-order valence-corrected chi connectivity index (χ1v) is 10.8. The molecule has 6 heteroatoms. The molecule has 4 nitrogen and oxygen atoms in total. The Morgan fingerprint density at radius 3 is 2.33 bits per heavy atom. The molecule has 166 valence electrons. The van der Waals surface area contributed by atoms with Crippen molar-refractivity contribution in [2.75, 3.05) is 18.9 Å². The van der Waals surface area contributed by atoms with Crippen molar-refractivity contribution >= 4 is 23.5 Å². The van der Waals surface area contributed by atoms with E-state index in [0.717, 1.165) is 11.1 Å². The van der Waals surface area contributed by atoms with E-state index in [1.54, 1.807) is 30.3 Å². The average molecular weight is 444 g/mol. The lowest BCUT2D eigenvalue weighted by molar-refractivity contribution is -0.133. The first-order chi connectivity index (χ1) is 15.9. The van der Waals surface area contributed by atoms with Gasteiger partial charge in [0.15, 0.2) is 5.78 Å². The van der Waals surface area contributed by atoms with Gasteiger partial charge in [0.1, 0.15) is 17.2 Å². The van der Waals surface area contributed by atoms with Crippen LogP contribution in [0.2, 0.25) is 0 Å². The molecule has 0 radical (unpaired) electrons. The first kappa shape index (κ1) is 21.2. The highest BCUT2D eigenvalue weighted by Crippen LogP contribution is 2.55. The number of likely N-dealkylation sites (tertiary alicyclic amines) is 1. The highest BCUT2D eigenvalue weighted by Gasteiger charge is 2.63. The number of anilines is 1. The summed E-state index contributed by atoms with van der Waals surface area (Å²) in [6.45, 7) is 0.453. The number of carbonyl (C=O) groups is 2. The van der Waals surface area contributed by atoms with Crippen LogP contribution < -0.4 is 5.32 Å². The Bertz CT molecular complexity index is 1250. The summed E-state index contributed by atoms with van der Waals surface area (Å²) in [6.07, 6.45) is 3.10. The van der Waals surface area contributed by atoms with Gasteiger partial charge in [0.05, 0.1) is 5.92 Å². The fraction of sp³-hybridized carbons (Fsp3) is 0.185. The topological polar surface area (TPSA) is 49.4 Å². The molecule has 33 heavy (non-hydrogen) atoms. The van der Waals surface area contributed by atoms with E-state index >= 15 is 0 Å². The Hall–Kier alpha value is -3.64. The van der Waals surface area contributed by atoms with Crippen LogP contribution in [0.4, 0.5) is 14.5 Å². The zero-order valence-corrected chi connectivity index (χ0v) is 18.0. The lowest BCUT2D eigenvalue weighted by Crippen LogP contribution is -2.51. The van der Waals surface area contributed by atoms with Crippen molar-refractivity contribution in [3.8, 4) is 0 Å². The van der Waals surface area contributed by atoms with Crippen molar-refractivity contribution in [3.63, 3.8) is 0 Å². The summed E-state index contributed by atoms with van der Waals surface area (Å²) >= 11 is 0. The van der Waals surface area contributed by atoms with Gasteiger partial charge in [-0.2, -0.15) is 0 Å². The average Bonchev–Trinajstić information content (AvgIpc) is 3.29. The molecule has 3 atom stereocenters. The van der Waals surface area contributed by atoms with Crippen molar-refractivity contribution in [1.82, 2.24) is 4.90 Å². The number of benzene rings is 3. The van der Waals surface area contributed by atoms with Crippen LogP contribution >= 0.6 is 0 Å². The van der Waals surface area contributed by atoms with Gasteiger partial charge in [0.25, 0.3) is 0 Å². The van der Waals surface area contributed by atoms with E-state index in [1.807, 2.05) is 36.2 Å². The summed E-state index contributed by atoms with van der Waals surface area (Å²) in [4.78, 5) is 29.2. The molecule has 0 aromatic heterocycles. The van der Waals surface area contributed by atoms with Gasteiger partial charge < -0.3 is 5.32 Å². The Labute approximate surface area is 190 Å². The van der Waals surface area contributed by atoms with Crippen molar-refractivity contribution in [1.29, 1.82) is 0 Å². The van der Waals surface area contributed by atoms with Gasteiger partial charge in [-0.3, -0.25) is 14.5 Å². The second kappa shape index (κ2) is 8.05. The molecular weight excluding hydrogens is 422 g/mol. The number of nitrogens with zero attached hydrogens (tertiary/aromatic N) is 1. The second-order valence-electron chi connectivity index (χ2n) is 8.57. The largest absolute Gasteiger partial charge is 0.324 e. The van der Waals surface area contributed by atoms with E-state index in [4.69, 9.17) is 0 Å². The number of likely N-dealkylation sites (N-methyl/N-ethyl adjacent to an activating group) is 1. The van der Waals surface area contributed by atoms with Gasteiger partial charge in [-0.1, -0.05) is 48.5 Å². The maximum Gasteiger partial charge on any atom is 0.250 e. The zero-order valence-electron chi connectivity index (χ0n) is 18.0. The molecule has 0 bridgehead atoms. The summed E-state index contributed by atoms with van der Waals surface area (Å²) in [6, 6.07) is 19.3. The van der Waals surface area contributed by atoms with Crippen LogP contribution in [0, 0.1) is 17.6 Å². The summed E-state index contributed by atoms with van der Waals surface area (Å²) in [7, 11) is 1.84. The van der Waals surface area contributed by atoms with E-state index < -0.39 is 11.5 Å². The molecule has 1 spiro atoms. The number of fused-ring (bicyclic) bond motifs is 2. The SMILES string of the molecule is CN1C[C@@H](c2ccc(F)cc2)[C@H](C(=O)/C=C/c2ccc(F)cc2)[C@@]12C(=O)Nc1ccccc12. The van der Waals surface area contributed by atoms with Crippen molar-refractivity contribution in [3.05, 3.63) is 107 Å². The van der Waals surface area contributed by atoms with Crippen LogP contribution in [-0.4, -0.2) is 30.2 Å². The number of hydrogen-bond donors (Lipinski definition) is 1. The van der Waals surface area contributed by atoms with Crippen molar-refractivity contribution in [2.45, 2.75) is 11.5 Å². The third kappa shape index (κ3) is 3.38. The zero-order chi connectivity index (χ0) is 23.2. The number of nitrogens with one attached hydrogen (secondary N) is 1. The minimum Gasteiger partial charge on any atom is -0.324 e. The maximum absolute atomic E-state index is 13.8. The Morgan fingerprint density at radius 2 is 1.64 bits per heavy atom. The number of hydrogen-bond acceptors (Lipinski definition) is 3. The number of halogens is 2. The first-order valence-electron chi connectivity index (χ1n) is 10.8. The molecule has 5 rings (SSSR count). The van der Waals surface area contributed by atoms with Gasteiger partial charge >= 0.3 is 0 Å². The predicted octanol–water partition coefficient (Wildman–Crippen LogP) is 4.74. The van der Waals surface area contributed by atoms with Gasteiger partial charge in [0, 0.05) is 23.7 Å². The normalized spacial score (nSPS) is 24.4. The van der Waals surface area contributed by atoms with Crippen LogP contribution in [0.25, 0.3) is 6.08 Å². The van der Waals surface area contributed by atoms with Crippen LogP contribution in [-0.2, 0) is 15.1 Å². The van der Waals surface area contributed by atoms with Crippen LogP contribution in [0.15, 0.2) is 78.9 Å². The number of para-hydroxylation sites is 1. The summed E-state index contributed by atoms with van der Waals surface area (Å²) in [5.74, 6) is -2.23. The molecule has 0 aliphatic carbocycles. The smallest absolute Gasteiger partial charge is 0.250 e. The van der Waals surface area contributed by atoms with E-state index in [0.29, 0.717) is 17.8 Å². The van der Waals surface area contributed by atoms with Crippen molar-refractivity contribution < 1.29 is 18.4 Å². The lowest BCUT2D eigenvalue weighted by Gasteiger charge is -2.35. The molecule has 2 aliphatic heterocycles. The highest BCUT2D eigenvalue weighted by molar-refractivity contribution is 6.11. The molecule has 3 aromatic rings. The summed E-state index contributed by atoms with van der Waals surface area (Å²) in [5, 5.41) is 2.95. The summed E-state index contributed by atoms with van der Waals surface area (Å²) < 4.78 is 26.9. The number of rotatable bonds is 4. The third-order valence-corrected chi connectivity index (χ3v) is 6.77. The molecule has 0 saturated carbocycles. The van der Waals surface area contributed by atoms with Gasteiger partial charge in [-0.15, -0.1) is 0 Å². The van der Waals surface area contributed by atoms with Crippen LogP contribution in [0.3, 0.4) is 0 Å². The predicted molar refractivity (Wildman–Crippen MR) is 122 cm³/mol. The van der Waals surface area contributed by atoms with Gasteiger partial charge in [-0.25, -0.2) is 8.78 Å². The molecule has 2 aliphatic rings. The molecule has 1 saturated heterocycles. The van der Waals surface area contributed by atoms with E-state index in [-0.39, 0.29) is 29.2 Å². The Balaban J connectivity index is 1.62. The standard InChI is InChI=1S/C27H22F2N2O2/c1-31-16-21(18-9-13-20(29)14-10-18)25(24(32)15-8-17-6-11-19(28)12-7-17)27(31)22-4-2-3-5-23(22)30-26(27)33/h2-15,21,25H,16H2,1H3,(H,30,33)/b15-8+/t21-,25+,27-/m0/s1. The number of amides is 1. The number of allylic oxidation sites excluding steroid dienone is 1. The number of carbonyl (C=O) groups excluding carboxylic acids is 2. The molecule has 1 amide bonds. The molecule has 0 unspecified atom stereocenters. The summed E-state index contributed by atoms with van der Waals surface area (Å²) in [5.41, 5.74) is 1.75. The molecule has 1 fully saturated rings. The monoisotopic (exact) mass is 444 g/mol. The maximum atomic E-state index is 13.8. The minimum absolute atomic E-state index is 0.218. The Kier molecular flexibility index (Phi) is 5.17. The van der Waals surface area contributed by atoms with E-state index in [1.165, 1.54) is 30.3 Å². The third-order valence-electron chi connectivity index (χ3n) is 6.77. The molecule has 3 aromatic carbocycles. The quantitative estimate of drug-likeness (QED) is 0.592. The van der Waals surface area contributed by atoms with Crippen molar-refractivity contribution in [2.24, 2.45) is 5.92 Å². The van der Waals surface area contributed by atoms with Crippen LogP contribution in [0.5, 0.6) is 0 Å². The fourth-order valence-electron chi connectivity index (χ4n) is 5.29. The Morgan fingerprint density at radius 1 is 1.00 bits per heavy atom. The van der Waals surface area contributed by atoms with E-state index in [2.05, 4.69) is 5.32 Å². The van der Waals surface area contributed by atoms with Gasteiger partial charge in [0.2, 0.25) is 5.91 Å². The molecular formula is C27H22F2N2O2. The fourth-order valence-corrected chi connectivity index (χ4v) is 5.29. The van der Waals surface area contributed by atoms with E-state index in [9.17, 15) is 18.4 Å². The minimum atomic E-state index is -1.18. The second-order valence-corrected chi connectivity index (χ2v) is 8.57. The molecule has 2 heterocycles. The molecule has 1 N–H and O–H groups in total. The highest BCUT2D eigenvalue weighted by atomic mass is 19.1. The van der Waals surface area contributed by atoms with Gasteiger partial charge in [-0.05, 0) is 54.6 Å². The lowest BCUT2D eigenvalue weighted by atomic mass is 9.71.